The number of hydrogen-bond donors (Lipinski definition) is 1. The van der Waals surface area contributed by atoms with E-state index in [1.807, 2.05) is 30.3 Å². The molecule has 0 saturated heterocycles. The van der Waals surface area contributed by atoms with Gasteiger partial charge in [0, 0.05) is 29.7 Å². The van der Waals surface area contributed by atoms with Crippen LogP contribution in [-0.2, 0) is 0 Å². The van der Waals surface area contributed by atoms with E-state index in [0.29, 0.717) is 0 Å². The number of pyridine rings is 2. The van der Waals surface area contributed by atoms with Gasteiger partial charge in [0.15, 0.2) is 0 Å². The smallest absolute Gasteiger partial charge is 0.0722 e. The molecule has 0 spiro atoms. The van der Waals surface area contributed by atoms with Crippen LogP contribution < -0.4 is 5.32 Å². The van der Waals surface area contributed by atoms with E-state index in [1.54, 1.807) is 18.6 Å². The highest BCUT2D eigenvalue weighted by atomic mass is 79.9. The summed E-state index contributed by atoms with van der Waals surface area (Å²) >= 11 is 3.48. The Balaban J connectivity index is 2.08. The molecule has 18 heavy (non-hydrogen) atoms. The van der Waals surface area contributed by atoms with Crippen molar-refractivity contribution in [1.29, 1.82) is 0 Å². The van der Waals surface area contributed by atoms with E-state index in [-0.39, 0.29) is 0 Å². The van der Waals surface area contributed by atoms with Crippen molar-refractivity contribution in [2.24, 2.45) is 0 Å². The number of halogens is 1. The first kappa shape index (κ1) is 11.2. The zero-order chi connectivity index (χ0) is 12.4. The molecule has 2 heterocycles. The van der Waals surface area contributed by atoms with Crippen LogP contribution in [0.3, 0.4) is 0 Å². The van der Waals surface area contributed by atoms with E-state index < -0.39 is 0 Å². The Hall–Kier alpha value is -1.94. The molecule has 0 radical (unpaired) electrons. The number of benzene rings is 1. The molecular formula is C14H10BrN3. The average molecular weight is 300 g/mol. The second kappa shape index (κ2) is 4.74. The Labute approximate surface area is 113 Å². The summed E-state index contributed by atoms with van der Waals surface area (Å²) in [5.74, 6) is 0. The standard InChI is InChI=1S/C14H10BrN3/c15-11-9-16-8-6-14(11)18-13-5-1-4-12-10(13)3-2-7-17-12/h1-9H,(H,16,18). The van der Waals surface area contributed by atoms with Crippen molar-refractivity contribution in [3.63, 3.8) is 0 Å². The van der Waals surface area contributed by atoms with Gasteiger partial charge in [-0.3, -0.25) is 9.97 Å². The number of fused-ring (bicyclic) bond motifs is 1. The number of nitrogens with zero attached hydrogens (tertiary/aromatic N) is 2. The van der Waals surface area contributed by atoms with E-state index in [0.717, 1.165) is 26.8 Å². The van der Waals surface area contributed by atoms with Gasteiger partial charge < -0.3 is 5.32 Å². The summed E-state index contributed by atoms with van der Waals surface area (Å²) in [5, 5.41) is 4.49. The maximum absolute atomic E-state index is 4.34. The lowest BCUT2D eigenvalue weighted by molar-refractivity contribution is 1.30. The van der Waals surface area contributed by atoms with Gasteiger partial charge >= 0.3 is 0 Å². The van der Waals surface area contributed by atoms with Gasteiger partial charge in [-0.2, -0.15) is 0 Å². The molecule has 3 nitrogen and oxygen atoms in total. The third-order valence-electron chi connectivity index (χ3n) is 2.69. The lowest BCUT2D eigenvalue weighted by Crippen LogP contribution is -1.93. The number of anilines is 2. The molecule has 4 heteroatoms. The van der Waals surface area contributed by atoms with Gasteiger partial charge in [0.1, 0.15) is 0 Å². The maximum Gasteiger partial charge on any atom is 0.0722 e. The molecule has 0 aliphatic rings. The molecule has 3 rings (SSSR count). The van der Waals surface area contributed by atoms with E-state index in [4.69, 9.17) is 0 Å². The van der Waals surface area contributed by atoms with Gasteiger partial charge in [-0.25, -0.2) is 0 Å². The number of rotatable bonds is 2. The highest BCUT2D eigenvalue weighted by Crippen LogP contribution is 2.28. The highest BCUT2D eigenvalue weighted by molar-refractivity contribution is 9.10. The van der Waals surface area contributed by atoms with E-state index in [1.165, 1.54) is 0 Å². The third-order valence-corrected chi connectivity index (χ3v) is 3.32. The molecule has 0 bridgehead atoms. The van der Waals surface area contributed by atoms with Crippen LogP contribution in [0.4, 0.5) is 11.4 Å². The quantitative estimate of drug-likeness (QED) is 0.773. The van der Waals surface area contributed by atoms with Crippen LogP contribution >= 0.6 is 15.9 Å². The van der Waals surface area contributed by atoms with E-state index in [9.17, 15) is 0 Å². The van der Waals surface area contributed by atoms with Crippen LogP contribution in [-0.4, -0.2) is 9.97 Å². The Morgan fingerprint density at radius 1 is 0.944 bits per heavy atom. The van der Waals surface area contributed by atoms with Crippen LogP contribution in [0.25, 0.3) is 10.9 Å². The Morgan fingerprint density at radius 2 is 1.89 bits per heavy atom. The van der Waals surface area contributed by atoms with Gasteiger partial charge in [0.2, 0.25) is 0 Å². The fourth-order valence-electron chi connectivity index (χ4n) is 1.83. The van der Waals surface area contributed by atoms with Gasteiger partial charge in [-0.1, -0.05) is 6.07 Å². The maximum atomic E-state index is 4.34. The summed E-state index contributed by atoms with van der Waals surface area (Å²) in [6.45, 7) is 0. The third kappa shape index (κ3) is 2.07. The largest absolute Gasteiger partial charge is 0.354 e. The molecule has 2 aromatic heterocycles. The number of hydrogen-bond acceptors (Lipinski definition) is 3. The molecule has 1 aromatic carbocycles. The molecular weight excluding hydrogens is 290 g/mol. The second-order valence-corrected chi connectivity index (χ2v) is 4.71. The average Bonchev–Trinajstić information content (AvgIpc) is 2.42. The van der Waals surface area contributed by atoms with Gasteiger partial charge in [-0.15, -0.1) is 0 Å². The Bertz CT molecular complexity index is 692. The summed E-state index contributed by atoms with van der Waals surface area (Å²) in [4.78, 5) is 8.39. The predicted molar refractivity (Wildman–Crippen MR) is 77.0 cm³/mol. The first-order chi connectivity index (χ1) is 8.84. The van der Waals surface area contributed by atoms with Crippen molar-refractivity contribution < 1.29 is 0 Å². The fourth-order valence-corrected chi connectivity index (χ4v) is 2.18. The summed E-state index contributed by atoms with van der Waals surface area (Å²) < 4.78 is 0.936. The second-order valence-electron chi connectivity index (χ2n) is 3.86. The molecule has 0 aliphatic heterocycles. The van der Waals surface area contributed by atoms with E-state index >= 15 is 0 Å². The zero-order valence-electron chi connectivity index (χ0n) is 9.47. The molecule has 1 N–H and O–H groups in total. The molecule has 0 aliphatic carbocycles. The molecule has 88 valence electrons. The predicted octanol–water partition coefficient (Wildman–Crippen LogP) is 4.14. The number of aromatic nitrogens is 2. The topological polar surface area (TPSA) is 37.8 Å². The first-order valence-corrected chi connectivity index (χ1v) is 6.34. The van der Waals surface area contributed by atoms with Crippen molar-refractivity contribution in [3.8, 4) is 0 Å². The zero-order valence-corrected chi connectivity index (χ0v) is 11.1. The van der Waals surface area contributed by atoms with Crippen LogP contribution in [0.2, 0.25) is 0 Å². The number of nitrogens with one attached hydrogen (secondary N) is 1. The fraction of sp³-hybridized carbons (Fsp3) is 0. The van der Waals surface area contributed by atoms with Crippen LogP contribution in [0.5, 0.6) is 0 Å². The van der Waals surface area contributed by atoms with E-state index in [2.05, 4.69) is 37.3 Å². The Morgan fingerprint density at radius 3 is 2.78 bits per heavy atom. The SMILES string of the molecule is Brc1cnccc1Nc1cccc2ncccc12. The normalized spacial score (nSPS) is 10.5. The lowest BCUT2D eigenvalue weighted by Gasteiger charge is -2.10. The monoisotopic (exact) mass is 299 g/mol. The molecule has 0 unspecified atom stereocenters. The minimum Gasteiger partial charge on any atom is -0.354 e. The molecule has 0 saturated carbocycles. The summed E-state index contributed by atoms with van der Waals surface area (Å²) in [6.07, 6.45) is 5.33. The van der Waals surface area contributed by atoms with Gasteiger partial charge in [0.25, 0.3) is 0 Å². The summed E-state index contributed by atoms with van der Waals surface area (Å²) in [5.41, 5.74) is 3.00. The van der Waals surface area contributed by atoms with Crippen molar-refractivity contribution >= 4 is 38.2 Å². The van der Waals surface area contributed by atoms with Crippen molar-refractivity contribution in [2.75, 3.05) is 5.32 Å². The molecule has 0 amide bonds. The molecule has 0 atom stereocenters. The minimum absolute atomic E-state index is 0.936. The molecule has 0 fully saturated rings. The first-order valence-electron chi connectivity index (χ1n) is 5.55. The Kier molecular flexibility index (Phi) is 2.94. The highest BCUT2D eigenvalue weighted by Gasteiger charge is 2.03. The van der Waals surface area contributed by atoms with Crippen LogP contribution in [0, 0.1) is 0 Å². The minimum atomic E-state index is 0.936. The van der Waals surface area contributed by atoms with Crippen molar-refractivity contribution in [3.05, 3.63) is 59.5 Å². The van der Waals surface area contributed by atoms with Crippen LogP contribution in [0.1, 0.15) is 0 Å². The lowest BCUT2D eigenvalue weighted by atomic mass is 10.2. The van der Waals surface area contributed by atoms with Crippen molar-refractivity contribution in [2.45, 2.75) is 0 Å². The van der Waals surface area contributed by atoms with Crippen molar-refractivity contribution in [1.82, 2.24) is 9.97 Å². The summed E-state index contributed by atoms with van der Waals surface area (Å²) in [7, 11) is 0. The molecule has 3 aromatic rings. The van der Waals surface area contributed by atoms with Gasteiger partial charge in [0.05, 0.1) is 15.7 Å². The van der Waals surface area contributed by atoms with Crippen LogP contribution in [0.15, 0.2) is 59.5 Å². The van der Waals surface area contributed by atoms with Gasteiger partial charge in [-0.05, 0) is 46.3 Å². The summed E-state index contributed by atoms with van der Waals surface area (Å²) in [6, 6.07) is 12.0.